The van der Waals surface area contributed by atoms with Crippen molar-refractivity contribution in [2.24, 2.45) is 11.5 Å². The zero-order chi connectivity index (χ0) is 13.0. The van der Waals surface area contributed by atoms with Crippen molar-refractivity contribution in [3.8, 4) is 0 Å². The molecule has 0 aliphatic heterocycles. The summed E-state index contributed by atoms with van der Waals surface area (Å²) in [6.07, 6.45) is 0.780. The number of carbonyl (C=O) groups is 1. The van der Waals surface area contributed by atoms with Gasteiger partial charge >= 0.3 is 14.6 Å². The van der Waals surface area contributed by atoms with Crippen molar-refractivity contribution in [3.63, 3.8) is 0 Å². The van der Waals surface area contributed by atoms with Gasteiger partial charge in [0.05, 0.1) is 0 Å². The Morgan fingerprint density at radius 3 is 1.88 bits per heavy atom. The van der Waals surface area contributed by atoms with E-state index in [2.05, 4.69) is 18.0 Å². The molecular formula is C9H24N2O4Si. The summed E-state index contributed by atoms with van der Waals surface area (Å²) >= 11 is 0. The van der Waals surface area contributed by atoms with Gasteiger partial charge in [0.2, 0.25) is 0 Å². The lowest BCUT2D eigenvalue weighted by molar-refractivity contribution is 0.184. The molecule has 0 aliphatic carbocycles. The second kappa shape index (κ2) is 10.9. The van der Waals surface area contributed by atoms with Crippen molar-refractivity contribution >= 4 is 14.6 Å². The van der Waals surface area contributed by atoms with Crippen molar-refractivity contribution in [1.29, 1.82) is 0 Å². The van der Waals surface area contributed by atoms with Crippen LogP contribution in [-0.4, -0.2) is 39.5 Å². The Labute approximate surface area is 98.2 Å². The molecule has 7 heteroatoms. The van der Waals surface area contributed by atoms with Gasteiger partial charge in [0.15, 0.2) is 0 Å². The Kier molecular flexibility index (Phi) is 12.1. The largest absolute Gasteiger partial charge is 0.396 e. The van der Waals surface area contributed by atoms with Crippen LogP contribution in [0.4, 0.5) is 4.79 Å². The summed E-state index contributed by atoms with van der Waals surface area (Å²) in [7, 11) is -1.93. The number of primary amides is 2. The topological polar surface area (TPSA) is 108 Å². The molecule has 0 spiro atoms. The smallest absolute Gasteiger partial charge is 0.334 e. The van der Waals surface area contributed by atoms with E-state index in [1.54, 1.807) is 0 Å². The van der Waals surface area contributed by atoms with E-state index in [-0.39, 0.29) is 6.61 Å². The van der Waals surface area contributed by atoms with Crippen LogP contribution in [0.5, 0.6) is 0 Å². The van der Waals surface area contributed by atoms with Crippen LogP contribution in [0.15, 0.2) is 0 Å². The van der Waals surface area contributed by atoms with E-state index in [0.29, 0.717) is 13.2 Å². The first kappa shape index (κ1) is 17.8. The average molecular weight is 252 g/mol. The van der Waals surface area contributed by atoms with Crippen LogP contribution < -0.4 is 11.5 Å². The van der Waals surface area contributed by atoms with Crippen LogP contribution in [0, 0.1) is 0 Å². The maximum Gasteiger partial charge on any atom is 0.334 e. The van der Waals surface area contributed by atoms with E-state index < -0.39 is 14.6 Å². The molecule has 0 saturated heterocycles. The zero-order valence-corrected chi connectivity index (χ0v) is 11.4. The first-order chi connectivity index (χ1) is 7.41. The normalized spacial score (nSPS) is 10.5. The molecule has 5 N–H and O–H groups in total. The molecule has 0 fully saturated rings. The molecule has 0 bridgehead atoms. The third-order valence-electron chi connectivity index (χ3n) is 1.69. The average Bonchev–Trinajstić information content (AvgIpc) is 2.15. The molecule has 16 heavy (non-hydrogen) atoms. The number of aliphatic hydroxyl groups is 1. The number of aliphatic hydroxyl groups excluding tert-OH is 1. The predicted octanol–water partition coefficient (Wildman–Crippen LogP) is 0.538. The molecule has 0 unspecified atom stereocenters. The monoisotopic (exact) mass is 252 g/mol. The number of carbonyl (C=O) groups excluding carboxylic acids is 1. The standard InChI is InChI=1S/C8H20O3Si.CH4N2O/c1-4-10-12(3,11-5-2)8-6-7-9;2-1(3)4/h9H,4-8H2,1-3H3;(H4,2,3,4). The second-order valence-electron chi connectivity index (χ2n) is 3.23. The number of rotatable bonds is 7. The van der Waals surface area contributed by atoms with E-state index >= 15 is 0 Å². The molecule has 0 aromatic heterocycles. The van der Waals surface area contributed by atoms with Gasteiger partial charge in [-0.2, -0.15) is 0 Å². The molecule has 0 rings (SSSR count). The first-order valence-electron chi connectivity index (χ1n) is 5.35. The predicted molar refractivity (Wildman–Crippen MR) is 65.2 cm³/mol. The summed E-state index contributed by atoms with van der Waals surface area (Å²) in [4.78, 5) is 9.00. The number of hydrogen-bond donors (Lipinski definition) is 3. The molecule has 0 heterocycles. The fraction of sp³-hybridized carbons (Fsp3) is 0.889. The van der Waals surface area contributed by atoms with Gasteiger partial charge < -0.3 is 25.4 Å². The number of urea groups is 1. The van der Waals surface area contributed by atoms with Gasteiger partial charge in [0, 0.05) is 19.8 Å². The van der Waals surface area contributed by atoms with Crippen LogP contribution in [0.1, 0.15) is 20.3 Å². The van der Waals surface area contributed by atoms with E-state index in [1.807, 2.05) is 13.8 Å². The molecule has 0 aliphatic rings. The molecule has 0 atom stereocenters. The highest BCUT2D eigenvalue weighted by atomic mass is 28.4. The van der Waals surface area contributed by atoms with Crippen molar-refractivity contribution in [3.05, 3.63) is 0 Å². The maximum absolute atomic E-state index is 9.00. The Balaban J connectivity index is 0. The summed E-state index contributed by atoms with van der Waals surface area (Å²) in [5, 5.41) is 8.68. The molecule has 0 aromatic rings. The molecule has 2 amide bonds. The lowest BCUT2D eigenvalue weighted by Gasteiger charge is -2.25. The summed E-state index contributed by atoms with van der Waals surface area (Å²) in [6, 6.07) is 0.0468. The third kappa shape index (κ3) is 13.4. The summed E-state index contributed by atoms with van der Waals surface area (Å²) in [6.45, 7) is 7.63. The zero-order valence-electron chi connectivity index (χ0n) is 10.4. The van der Waals surface area contributed by atoms with E-state index in [4.69, 9.17) is 18.8 Å². The number of nitrogens with two attached hydrogens (primary N) is 2. The van der Waals surface area contributed by atoms with Gasteiger partial charge in [0.25, 0.3) is 0 Å². The minimum atomic E-state index is -1.93. The number of hydrogen-bond acceptors (Lipinski definition) is 4. The van der Waals surface area contributed by atoms with Gasteiger partial charge in [-0.25, -0.2) is 4.79 Å². The maximum atomic E-state index is 9.00. The Morgan fingerprint density at radius 1 is 1.25 bits per heavy atom. The van der Waals surface area contributed by atoms with Crippen molar-refractivity contribution in [2.75, 3.05) is 19.8 Å². The molecule has 98 valence electrons. The Hall–Kier alpha value is -0.633. The molecule has 0 radical (unpaired) electrons. The summed E-state index contributed by atoms with van der Waals surface area (Å²) in [5.41, 5.74) is 8.50. The van der Waals surface area contributed by atoms with Crippen molar-refractivity contribution in [2.45, 2.75) is 32.9 Å². The number of amides is 2. The van der Waals surface area contributed by atoms with Crippen LogP contribution in [0.3, 0.4) is 0 Å². The van der Waals surface area contributed by atoms with Gasteiger partial charge in [-0.15, -0.1) is 0 Å². The minimum Gasteiger partial charge on any atom is -0.396 e. The van der Waals surface area contributed by atoms with E-state index in [9.17, 15) is 0 Å². The fourth-order valence-electron chi connectivity index (χ4n) is 1.20. The quantitative estimate of drug-likeness (QED) is 0.574. The minimum absolute atomic E-state index is 0.225. The van der Waals surface area contributed by atoms with E-state index in [0.717, 1.165) is 12.5 Å². The lowest BCUT2D eigenvalue weighted by Crippen LogP contribution is -2.38. The Bertz CT molecular complexity index is 171. The highest BCUT2D eigenvalue weighted by molar-refractivity contribution is 6.66. The van der Waals surface area contributed by atoms with E-state index in [1.165, 1.54) is 0 Å². The summed E-state index contributed by atoms with van der Waals surface area (Å²) in [5.74, 6) is 0. The second-order valence-corrected chi connectivity index (χ2v) is 6.57. The van der Waals surface area contributed by atoms with Crippen molar-refractivity contribution in [1.82, 2.24) is 0 Å². The Morgan fingerprint density at radius 2 is 1.62 bits per heavy atom. The van der Waals surface area contributed by atoms with Crippen LogP contribution in [-0.2, 0) is 8.85 Å². The van der Waals surface area contributed by atoms with Crippen LogP contribution >= 0.6 is 0 Å². The molecule has 0 saturated carbocycles. The van der Waals surface area contributed by atoms with Gasteiger partial charge in [-0.1, -0.05) is 0 Å². The first-order valence-corrected chi connectivity index (χ1v) is 7.87. The van der Waals surface area contributed by atoms with Gasteiger partial charge in [-0.3, -0.25) is 0 Å². The third-order valence-corrected chi connectivity index (χ3v) is 4.75. The fourth-order valence-corrected chi connectivity index (χ4v) is 3.59. The van der Waals surface area contributed by atoms with Crippen molar-refractivity contribution < 1.29 is 18.8 Å². The molecular weight excluding hydrogens is 228 g/mol. The molecule has 6 nitrogen and oxygen atoms in total. The highest BCUT2D eigenvalue weighted by Gasteiger charge is 2.29. The lowest BCUT2D eigenvalue weighted by atomic mass is 10.5. The van der Waals surface area contributed by atoms with Crippen LogP contribution in [0.25, 0.3) is 0 Å². The SMILES string of the molecule is CCO[Si](C)(CCCO)OCC.NC(N)=O. The van der Waals surface area contributed by atoms with Crippen LogP contribution in [0.2, 0.25) is 12.6 Å². The highest BCUT2D eigenvalue weighted by Crippen LogP contribution is 2.15. The summed E-state index contributed by atoms with van der Waals surface area (Å²) < 4.78 is 11.2. The molecule has 0 aromatic carbocycles. The van der Waals surface area contributed by atoms with Gasteiger partial charge in [-0.05, 0) is 32.9 Å². The van der Waals surface area contributed by atoms with Gasteiger partial charge in [0.1, 0.15) is 0 Å².